The van der Waals surface area contributed by atoms with E-state index >= 15 is 0 Å². The number of benzene rings is 1. The van der Waals surface area contributed by atoms with Gasteiger partial charge in [-0.2, -0.15) is 0 Å². The van der Waals surface area contributed by atoms with E-state index in [-0.39, 0.29) is 18.5 Å². The van der Waals surface area contributed by atoms with E-state index in [9.17, 15) is 9.18 Å². The average molecular weight is 278 g/mol. The van der Waals surface area contributed by atoms with E-state index in [0.717, 1.165) is 5.69 Å². The van der Waals surface area contributed by atoms with Crippen LogP contribution in [0, 0.1) is 0 Å². The van der Waals surface area contributed by atoms with Crippen molar-refractivity contribution in [2.75, 3.05) is 18.4 Å². The molecule has 0 radical (unpaired) electrons. The number of rotatable bonds is 3. The summed E-state index contributed by atoms with van der Waals surface area (Å²) in [7, 11) is 0. The number of hydrogen-bond donors (Lipinski definition) is 1. The Hall–Kier alpha value is -1.58. The van der Waals surface area contributed by atoms with Crippen molar-refractivity contribution in [2.24, 2.45) is 0 Å². The largest absolute Gasteiger partial charge is 0.379 e. The van der Waals surface area contributed by atoms with Crippen molar-refractivity contribution >= 4 is 11.6 Å². The quantitative estimate of drug-likeness (QED) is 0.921. The van der Waals surface area contributed by atoms with Gasteiger partial charge in [-0.15, -0.1) is 0 Å². The normalized spacial score (nSPS) is 22.9. The first-order valence-corrected chi connectivity index (χ1v) is 7.24. The van der Waals surface area contributed by atoms with E-state index in [2.05, 4.69) is 25.2 Å². The van der Waals surface area contributed by atoms with Crippen molar-refractivity contribution in [3.05, 3.63) is 29.8 Å². The monoisotopic (exact) mass is 278 g/mol. The van der Waals surface area contributed by atoms with Crippen LogP contribution in [0.2, 0.25) is 0 Å². The number of alkyl halides is 1. The summed E-state index contributed by atoms with van der Waals surface area (Å²) in [6, 6.07) is 7.83. The molecule has 1 aliphatic heterocycles. The molecule has 0 aliphatic carbocycles. The predicted octanol–water partition coefficient (Wildman–Crippen LogP) is 3.18. The molecule has 1 fully saturated rings. The second-order valence-electron chi connectivity index (χ2n) is 5.76. The highest BCUT2D eigenvalue weighted by Gasteiger charge is 2.30. The van der Waals surface area contributed by atoms with Gasteiger partial charge in [-0.25, -0.2) is 4.39 Å². The lowest BCUT2D eigenvalue weighted by atomic mass is 9.98. The molecule has 4 heteroatoms. The fourth-order valence-corrected chi connectivity index (χ4v) is 2.69. The van der Waals surface area contributed by atoms with Gasteiger partial charge in [0.15, 0.2) is 0 Å². The maximum absolute atomic E-state index is 14.2. The van der Waals surface area contributed by atoms with Crippen molar-refractivity contribution in [3.8, 4) is 0 Å². The van der Waals surface area contributed by atoms with E-state index in [4.69, 9.17) is 0 Å². The molecule has 3 nitrogen and oxygen atoms in total. The lowest BCUT2D eigenvalue weighted by Gasteiger charge is -2.35. The smallest absolute Gasteiger partial charge is 0.219 e. The lowest BCUT2D eigenvalue weighted by Crippen LogP contribution is -2.49. The number of hydrogen-bond acceptors (Lipinski definition) is 2. The van der Waals surface area contributed by atoms with Crippen LogP contribution in [0.3, 0.4) is 0 Å². The van der Waals surface area contributed by atoms with Crippen LogP contribution in [-0.2, 0) is 4.79 Å². The summed E-state index contributed by atoms with van der Waals surface area (Å²) in [4.78, 5) is 12.9. The highest BCUT2D eigenvalue weighted by atomic mass is 19.1. The molecule has 1 amide bonds. The van der Waals surface area contributed by atoms with E-state index in [1.807, 2.05) is 18.2 Å². The van der Waals surface area contributed by atoms with E-state index in [0.29, 0.717) is 18.9 Å². The Labute approximate surface area is 120 Å². The molecule has 1 saturated heterocycles. The van der Waals surface area contributed by atoms with Crippen molar-refractivity contribution in [1.82, 2.24) is 4.90 Å². The number of halogens is 1. The van der Waals surface area contributed by atoms with Crippen LogP contribution in [0.1, 0.15) is 38.7 Å². The van der Waals surface area contributed by atoms with E-state index in [1.165, 1.54) is 12.5 Å². The summed E-state index contributed by atoms with van der Waals surface area (Å²) in [5.74, 6) is 0.350. The summed E-state index contributed by atoms with van der Waals surface area (Å²) in [6.07, 6.45) is -0.374. The predicted molar refractivity (Wildman–Crippen MR) is 79.7 cm³/mol. The second-order valence-corrected chi connectivity index (χ2v) is 5.76. The maximum Gasteiger partial charge on any atom is 0.219 e. The summed E-state index contributed by atoms with van der Waals surface area (Å²) >= 11 is 0. The third-order valence-corrected chi connectivity index (χ3v) is 3.91. The molecular formula is C16H23FN2O. The van der Waals surface area contributed by atoms with Gasteiger partial charge in [-0.05, 0) is 24.0 Å². The van der Waals surface area contributed by atoms with Gasteiger partial charge in [0.05, 0.1) is 12.6 Å². The maximum atomic E-state index is 14.2. The van der Waals surface area contributed by atoms with Gasteiger partial charge in [0.25, 0.3) is 0 Å². The third-order valence-electron chi connectivity index (χ3n) is 3.91. The molecule has 0 unspecified atom stereocenters. The topological polar surface area (TPSA) is 32.3 Å². The van der Waals surface area contributed by atoms with Gasteiger partial charge in [0, 0.05) is 19.2 Å². The third kappa shape index (κ3) is 3.30. The Kier molecular flexibility index (Phi) is 4.63. The van der Waals surface area contributed by atoms with Crippen LogP contribution < -0.4 is 5.32 Å². The number of nitrogens with zero attached hydrogens (tertiary/aromatic N) is 1. The SMILES string of the molecule is CC(=O)N1CC[C@@H](Nc2ccccc2C(C)C)[C@H](F)C1. The van der Waals surface area contributed by atoms with E-state index < -0.39 is 6.17 Å². The number of likely N-dealkylation sites (tertiary alicyclic amines) is 1. The zero-order valence-corrected chi connectivity index (χ0v) is 12.4. The van der Waals surface area contributed by atoms with Crippen LogP contribution in [0.15, 0.2) is 24.3 Å². The number of amides is 1. The van der Waals surface area contributed by atoms with Crippen LogP contribution in [0.5, 0.6) is 0 Å². The molecule has 1 aromatic carbocycles. The van der Waals surface area contributed by atoms with Crippen LogP contribution in [0.4, 0.5) is 10.1 Å². The molecular weight excluding hydrogens is 255 g/mol. The Balaban J connectivity index is 2.06. The standard InChI is InChI=1S/C16H23FN2O/c1-11(2)13-6-4-5-7-15(13)18-16-8-9-19(12(3)20)10-14(16)17/h4-7,11,14,16,18H,8-10H2,1-3H3/t14-,16-/m1/s1. The van der Waals surface area contributed by atoms with Gasteiger partial charge in [-0.1, -0.05) is 32.0 Å². The van der Waals surface area contributed by atoms with Gasteiger partial charge in [0.2, 0.25) is 5.91 Å². The highest BCUT2D eigenvalue weighted by Crippen LogP contribution is 2.26. The van der Waals surface area contributed by atoms with Crippen LogP contribution in [0.25, 0.3) is 0 Å². The van der Waals surface area contributed by atoms with Crippen molar-refractivity contribution < 1.29 is 9.18 Å². The molecule has 2 atom stereocenters. The molecule has 110 valence electrons. The summed E-state index contributed by atoms with van der Waals surface area (Å²) in [6.45, 7) is 6.57. The molecule has 1 N–H and O–H groups in total. The minimum atomic E-state index is -1.02. The Morgan fingerprint density at radius 1 is 1.40 bits per heavy atom. The minimum absolute atomic E-state index is 0.0475. The minimum Gasteiger partial charge on any atom is -0.379 e. The van der Waals surface area contributed by atoms with Crippen LogP contribution in [-0.4, -0.2) is 36.1 Å². The molecule has 1 aliphatic rings. The number of para-hydroxylation sites is 1. The summed E-state index contributed by atoms with van der Waals surface area (Å²) < 4.78 is 14.2. The molecule has 0 spiro atoms. The highest BCUT2D eigenvalue weighted by molar-refractivity contribution is 5.73. The van der Waals surface area contributed by atoms with Crippen molar-refractivity contribution in [1.29, 1.82) is 0 Å². The zero-order valence-electron chi connectivity index (χ0n) is 12.4. The molecule has 2 rings (SSSR count). The number of anilines is 1. The average Bonchev–Trinajstić information content (AvgIpc) is 2.41. The zero-order chi connectivity index (χ0) is 14.7. The Bertz CT molecular complexity index is 475. The van der Waals surface area contributed by atoms with Crippen LogP contribution >= 0.6 is 0 Å². The molecule has 0 aromatic heterocycles. The summed E-state index contributed by atoms with van der Waals surface area (Å²) in [5, 5.41) is 3.33. The fourth-order valence-electron chi connectivity index (χ4n) is 2.69. The first-order valence-electron chi connectivity index (χ1n) is 7.24. The molecule has 20 heavy (non-hydrogen) atoms. The number of piperidine rings is 1. The Morgan fingerprint density at radius 2 is 2.10 bits per heavy atom. The van der Waals surface area contributed by atoms with Gasteiger partial charge in [0.1, 0.15) is 6.17 Å². The Morgan fingerprint density at radius 3 is 2.70 bits per heavy atom. The van der Waals surface area contributed by atoms with Crippen molar-refractivity contribution in [3.63, 3.8) is 0 Å². The van der Waals surface area contributed by atoms with Gasteiger partial charge >= 0.3 is 0 Å². The molecule has 0 bridgehead atoms. The molecule has 0 saturated carbocycles. The van der Waals surface area contributed by atoms with Gasteiger partial charge < -0.3 is 10.2 Å². The number of carbonyl (C=O) groups is 1. The molecule has 1 aromatic rings. The number of nitrogens with one attached hydrogen (secondary N) is 1. The first-order chi connectivity index (χ1) is 9.49. The fraction of sp³-hybridized carbons (Fsp3) is 0.562. The second kappa shape index (κ2) is 6.25. The summed E-state index contributed by atoms with van der Waals surface area (Å²) in [5.41, 5.74) is 2.21. The van der Waals surface area contributed by atoms with Crippen molar-refractivity contribution in [2.45, 2.75) is 45.3 Å². The lowest BCUT2D eigenvalue weighted by molar-refractivity contribution is -0.131. The van der Waals surface area contributed by atoms with Gasteiger partial charge in [-0.3, -0.25) is 4.79 Å². The first kappa shape index (κ1) is 14.8. The molecule has 1 heterocycles. The van der Waals surface area contributed by atoms with E-state index in [1.54, 1.807) is 4.90 Å². The number of carbonyl (C=O) groups excluding carboxylic acids is 1.